The molecule has 0 unspecified atom stereocenters. The summed E-state index contributed by atoms with van der Waals surface area (Å²) in [7, 11) is -0.654. The van der Waals surface area contributed by atoms with E-state index in [4.69, 9.17) is 9.47 Å². The Labute approximate surface area is 159 Å². The molecule has 0 aromatic heterocycles. The minimum absolute atomic E-state index is 0.0525. The lowest BCUT2D eigenvalue weighted by molar-refractivity contribution is -0.115. The zero-order chi connectivity index (χ0) is 20.0. The molecule has 27 heavy (non-hydrogen) atoms. The molecule has 2 rings (SSSR count). The minimum Gasteiger partial charge on any atom is -0.497 e. The number of hydrogen-bond donors (Lipinski definition) is 2. The van der Waals surface area contributed by atoms with Gasteiger partial charge in [0.25, 0.3) is 0 Å². The van der Waals surface area contributed by atoms with Gasteiger partial charge >= 0.3 is 0 Å². The van der Waals surface area contributed by atoms with E-state index in [0.717, 1.165) is 5.56 Å². The predicted octanol–water partition coefficient (Wildman–Crippen LogP) is 2.57. The Morgan fingerprint density at radius 3 is 2.26 bits per heavy atom. The highest BCUT2D eigenvalue weighted by Crippen LogP contribution is 2.28. The Bertz CT molecular complexity index is 893. The van der Waals surface area contributed by atoms with Crippen LogP contribution in [0.15, 0.2) is 47.4 Å². The van der Waals surface area contributed by atoms with Crippen LogP contribution in [-0.2, 0) is 21.2 Å². The molecule has 0 spiro atoms. The third-order valence-corrected chi connectivity index (χ3v) is 5.33. The average molecular weight is 392 g/mol. The van der Waals surface area contributed by atoms with Crippen molar-refractivity contribution in [2.75, 3.05) is 19.5 Å². The van der Waals surface area contributed by atoms with Gasteiger partial charge in [-0.1, -0.05) is 12.1 Å². The summed E-state index contributed by atoms with van der Waals surface area (Å²) < 4.78 is 37.5. The van der Waals surface area contributed by atoms with Gasteiger partial charge in [0.15, 0.2) is 0 Å². The van der Waals surface area contributed by atoms with E-state index in [1.54, 1.807) is 45.2 Å². The zero-order valence-corrected chi connectivity index (χ0v) is 16.6. The SMILES string of the molecule is COc1ccc(CC(=O)Nc2cc(S(=O)(=O)NC(C)C)ccc2OC)cc1. The van der Waals surface area contributed by atoms with Crippen molar-refractivity contribution in [3.8, 4) is 11.5 Å². The normalized spacial score (nSPS) is 11.3. The molecular weight excluding hydrogens is 368 g/mol. The van der Waals surface area contributed by atoms with Crippen molar-refractivity contribution in [1.82, 2.24) is 4.72 Å². The first-order chi connectivity index (χ1) is 12.7. The molecule has 1 amide bonds. The van der Waals surface area contributed by atoms with Gasteiger partial charge in [-0.25, -0.2) is 13.1 Å². The topological polar surface area (TPSA) is 93.7 Å². The quantitative estimate of drug-likeness (QED) is 0.720. The molecule has 146 valence electrons. The van der Waals surface area contributed by atoms with Crippen molar-refractivity contribution < 1.29 is 22.7 Å². The number of methoxy groups -OCH3 is 2. The maximum atomic E-state index is 12.4. The molecule has 0 heterocycles. The van der Waals surface area contributed by atoms with Crippen molar-refractivity contribution in [3.05, 3.63) is 48.0 Å². The van der Waals surface area contributed by atoms with Crippen LogP contribution in [0.3, 0.4) is 0 Å². The summed E-state index contributed by atoms with van der Waals surface area (Å²) in [5.74, 6) is 0.794. The van der Waals surface area contributed by atoms with Crippen LogP contribution in [0.4, 0.5) is 5.69 Å². The second-order valence-electron chi connectivity index (χ2n) is 6.21. The number of nitrogens with one attached hydrogen (secondary N) is 2. The lowest BCUT2D eigenvalue weighted by Crippen LogP contribution is -2.30. The van der Waals surface area contributed by atoms with Gasteiger partial charge in [-0.2, -0.15) is 0 Å². The summed E-state index contributed by atoms with van der Waals surface area (Å²) in [4.78, 5) is 12.4. The zero-order valence-electron chi connectivity index (χ0n) is 15.8. The van der Waals surface area contributed by atoms with Gasteiger partial charge in [0.1, 0.15) is 11.5 Å². The molecule has 0 radical (unpaired) electrons. The molecule has 0 saturated carbocycles. The Balaban J connectivity index is 2.20. The molecule has 0 aliphatic heterocycles. The molecule has 0 aliphatic rings. The fourth-order valence-electron chi connectivity index (χ4n) is 2.45. The largest absolute Gasteiger partial charge is 0.497 e. The van der Waals surface area contributed by atoms with Crippen molar-refractivity contribution in [2.24, 2.45) is 0 Å². The van der Waals surface area contributed by atoms with Gasteiger partial charge in [-0.05, 0) is 49.7 Å². The highest BCUT2D eigenvalue weighted by molar-refractivity contribution is 7.89. The molecule has 0 saturated heterocycles. The van der Waals surface area contributed by atoms with Crippen LogP contribution in [0.5, 0.6) is 11.5 Å². The first kappa shape index (κ1) is 20.7. The maximum absolute atomic E-state index is 12.4. The number of anilines is 1. The highest BCUT2D eigenvalue weighted by Gasteiger charge is 2.18. The standard InChI is InChI=1S/C19H24N2O5S/c1-13(2)21-27(23,24)16-9-10-18(26-4)17(12-16)20-19(22)11-14-5-7-15(25-3)8-6-14/h5-10,12-13,21H,11H2,1-4H3,(H,20,22). The number of carbonyl (C=O) groups excluding carboxylic acids is 1. The number of sulfonamides is 1. The van der Waals surface area contributed by atoms with E-state index in [1.807, 2.05) is 0 Å². The summed E-state index contributed by atoms with van der Waals surface area (Å²) in [5, 5.41) is 2.72. The van der Waals surface area contributed by atoms with Gasteiger partial charge < -0.3 is 14.8 Å². The molecule has 0 aliphatic carbocycles. The van der Waals surface area contributed by atoms with Crippen LogP contribution in [0, 0.1) is 0 Å². The average Bonchev–Trinajstić information content (AvgIpc) is 2.61. The Hall–Kier alpha value is -2.58. The van der Waals surface area contributed by atoms with Gasteiger partial charge in [0.2, 0.25) is 15.9 Å². The van der Waals surface area contributed by atoms with E-state index in [2.05, 4.69) is 10.0 Å². The molecule has 2 aromatic rings. The second kappa shape index (κ2) is 8.88. The van der Waals surface area contributed by atoms with Crippen LogP contribution in [0.2, 0.25) is 0 Å². The van der Waals surface area contributed by atoms with Gasteiger partial charge in [0.05, 0.1) is 31.2 Å². The third kappa shape index (κ3) is 5.70. The predicted molar refractivity (Wildman–Crippen MR) is 104 cm³/mol. The van der Waals surface area contributed by atoms with Crippen LogP contribution < -0.4 is 19.5 Å². The molecule has 0 fully saturated rings. The first-order valence-corrected chi connectivity index (χ1v) is 9.86. The Morgan fingerprint density at radius 2 is 1.70 bits per heavy atom. The van der Waals surface area contributed by atoms with Crippen molar-refractivity contribution in [1.29, 1.82) is 0 Å². The molecule has 7 nitrogen and oxygen atoms in total. The van der Waals surface area contributed by atoms with Gasteiger partial charge in [-0.3, -0.25) is 4.79 Å². The van der Waals surface area contributed by atoms with Gasteiger partial charge in [0, 0.05) is 6.04 Å². The van der Waals surface area contributed by atoms with E-state index in [9.17, 15) is 13.2 Å². The van der Waals surface area contributed by atoms with Crippen LogP contribution in [0.25, 0.3) is 0 Å². The maximum Gasteiger partial charge on any atom is 0.240 e. The summed E-state index contributed by atoms with van der Waals surface area (Å²) in [6.45, 7) is 3.47. The fourth-order valence-corrected chi connectivity index (χ4v) is 3.73. The van der Waals surface area contributed by atoms with E-state index in [-0.39, 0.29) is 23.3 Å². The summed E-state index contributed by atoms with van der Waals surface area (Å²) in [6, 6.07) is 11.2. The lowest BCUT2D eigenvalue weighted by Gasteiger charge is -2.14. The van der Waals surface area contributed by atoms with Crippen molar-refractivity contribution in [3.63, 3.8) is 0 Å². The molecule has 8 heteroatoms. The smallest absolute Gasteiger partial charge is 0.240 e. The lowest BCUT2D eigenvalue weighted by atomic mass is 10.1. The number of amides is 1. The Kier molecular flexibility index (Phi) is 6.81. The van der Waals surface area contributed by atoms with E-state index >= 15 is 0 Å². The number of benzene rings is 2. The van der Waals surface area contributed by atoms with E-state index < -0.39 is 10.0 Å². The van der Waals surface area contributed by atoms with Gasteiger partial charge in [-0.15, -0.1) is 0 Å². The fraction of sp³-hybridized carbons (Fsp3) is 0.316. The first-order valence-electron chi connectivity index (χ1n) is 8.38. The van der Waals surface area contributed by atoms with Crippen molar-refractivity contribution in [2.45, 2.75) is 31.2 Å². The number of rotatable bonds is 8. The molecule has 2 aromatic carbocycles. The van der Waals surface area contributed by atoms with Crippen LogP contribution in [-0.4, -0.2) is 34.6 Å². The van der Waals surface area contributed by atoms with Crippen LogP contribution in [0.1, 0.15) is 19.4 Å². The number of carbonyl (C=O) groups is 1. The van der Waals surface area contributed by atoms with E-state index in [1.165, 1.54) is 25.3 Å². The van der Waals surface area contributed by atoms with Crippen LogP contribution >= 0.6 is 0 Å². The molecule has 0 bridgehead atoms. The molecule has 0 atom stereocenters. The minimum atomic E-state index is -3.68. The number of ether oxygens (including phenoxy) is 2. The van der Waals surface area contributed by atoms with E-state index in [0.29, 0.717) is 17.2 Å². The molecule has 2 N–H and O–H groups in total. The summed E-state index contributed by atoms with van der Waals surface area (Å²) >= 11 is 0. The van der Waals surface area contributed by atoms with Crippen molar-refractivity contribution >= 4 is 21.6 Å². The number of hydrogen-bond acceptors (Lipinski definition) is 5. The monoisotopic (exact) mass is 392 g/mol. The highest BCUT2D eigenvalue weighted by atomic mass is 32.2. The Morgan fingerprint density at radius 1 is 1.04 bits per heavy atom. The summed E-state index contributed by atoms with van der Waals surface area (Å²) in [6.07, 6.45) is 0.133. The second-order valence-corrected chi connectivity index (χ2v) is 7.93. The third-order valence-electron chi connectivity index (χ3n) is 3.67. The summed E-state index contributed by atoms with van der Waals surface area (Å²) in [5.41, 5.74) is 1.10. The molecular formula is C19H24N2O5S.